The molecule has 2 N–H and O–H groups in total. The van der Waals surface area contributed by atoms with Crippen LogP contribution in [0.25, 0.3) is 0 Å². The summed E-state index contributed by atoms with van der Waals surface area (Å²) in [6, 6.07) is 3.79. The summed E-state index contributed by atoms with van der Waals surface area (Å²) in [4.78, 5) is -0.0796. The number of nitrogens with one attached hydrogen (secondary N) is 2. The van der Waals surface area contributed by atoms with Gasteiger partial charge in [-0.05, 0) is 56.0 Å². The van der Waals surface area contributed by atoms with E-state index in [-0.39, 0.29) is 22.0 Å². The van der Waals surface area contributed by atoms with Gasteiger partial charge in [0, 0.05) is 19.1 Å². The third-order valence-corrected chi connectivity index (χ3v) is 6.61. The molecule has 6 nitrogen and oxygen atoms in total. The first-order valence-corrected chi connectivity index (χ1v) is 10.6. The second-order valence-corrected chi connectivity index (χ2v) is 9.29. The molecule has 8 heteroatoms. The molecule has 1 atom stereocenters. The van der Waals surface area contributed by atoms with Crippen molar-refractivity contribution in [2.45, 2.75) is 31.1 Å². The molecule has 2 aliphatic heterocycles. The van der Waals surface area contributed by atoms with Crippen LogP contribution in [0.3, 0.4) is 0 Å². The SMILES string of the molecule is CC1(CNS(=O)(=O)c2ccc(OCC3CCOC3)c(F)c2)CCNCC1. The molecule has 1 unspecified atom stereocenters. The maximum absolute atomic E-state index is 14.3. The quantitative estimate of drug-likeness (QED) is 0.749. The van der Waals surface area contributed by atoms with E-state index in [1.165, 1.54) is 12.1 Å². The highest BCUT2D eigenvalue weighted by molar-refractivity contribution is 7.89. The molecule has 2 fully saturated rings. The van der Waals surface area contributed by atoms with Gasteiger partial charge in [0.25, 0.3) is 0 Å². The zero-order chi connectivity index (χ0) is 18.6. The molecule has 2 saturated heterocycles. The molecule has 0 radical (unpaired) electrons. The molecule has 146 valence electrons. The van der Waals surface area contributed by atoms with E-state index in [2.05, 4.69) is 17.0 Å². The van der Waals surface area contributed by atoms with Gasteiger partial charge in [0.2, 0.25) is 10.0 Å². The van der Waals surface area contributed by atoms with E-state index in [0.29, 0.717) is 26.4 Å². The van der Waals surface area contributed by atoms with Gasteiger partial charge in [0.15, 0.2) is 11.6 Å². The minimum Gasteiger partial charge on any atom is -0.490 e. The standard InChI is InChI=1S/C18H27FN2O4S/c1-18(5-7-20-8-6-18)13-21-26(22,23)15-2-3-17(16(19)10-15)25-12-14-4-9-24-11-14/h2-3,10,14,20-21H,4-9,11-13H2,1H3. The smallest absolute Gasteiger partial charge is 0.240 e. The van der Waals surface area contributed by atoms with Gasteiger partial charge in [-0.25, -0.2) is 17.5 Å². The Morgan fingerprint density at radius 3 is 2.81 bits per heavy atom. The lowest BCUT2D eigenvalue weighted by Crippen LogP contribution is -2.42. The van der Waals surface area contributed by atoms with Crippen molar-refractivity contribution in [1.29, 1.82) is 0 Å². The van der Waals surface area contributed by atoms with Crippen LogP contribution >= 0.6 is 0 Å². The van der Waals surface area contributed by atoms with Crippen molar-refractivity contribution >= 4 is 10.0 Å². The van der Waals surface area contributed by atoms with Crippen LogP contribution in [0.4, 0.5) is 4.39 Å². The molecule has 0 aromatic heterocycles. The molecular formula is C18H27FN2O4S. The van der Waals surface area contributed by atoms with Crippen molar-refractivity contribution in [3.63, 3.8) is 0 Å². The van der Waals surface area contributed by atoms with Gasteiger partial charge in [-0.15, -0.1) is 0 Å². The number of hydrogen-bond acceptors (Lipinski definition) is 5. The van der Waals surface area contributed by atoms with Crippen molar-refractivity contribution in [2.24, 2.45) is 11.3 Å². The number of benzene rings is 1. The zero-order valence-corrected chi connectivity index (χ0v) is 15.9. The first-order valence-electron chi connectivity index (χ1n) is 9.08. The lowest BCUT2D eigenvalue weighted by atomic mass is 9.81. The third-order valence-electron chi connectivity index (χ3n) is 5.21. The van der Waals surface area contributed by atoms with Crippen LogP contribution in [-0.2, 0) is 14.8 Å². The highest BCUT2D eigenvalue weighted by Crippen LogP contribution is 2.28. The fraction of sp³-hybridized carbons (Fsp3) is 0.667. The molecule has 26 heavy (non-hydrogen) atoms. The van der Waals surface area contributed by atoms with Gasteiger partial charge in [-0.2, -0.15) is 0 Å². The number of hydrogen-bond donors (Lipinski definition) is 2. The number of piperidine rings is 1. The van der Waals surface area contributed by atoms with E-state index in [1.807, 2.05) is 0 Å². The van der Waals surface area contributed by atoms with Crippen LogP contribution in [0.2, 0.25) is 0 Å². The van der Waals surface area contributed by atoms with Gasteiger partial charge in [-0.3, -0.25) is 0 Å². The van der Waals surface area contributed by atoms with E-state index < -0.39 is 15.8 Å². The summed E-state index contributed by atoms with van der Waals surface area (Å²) in [5.41, 5.74) is -0.0801. The van der Waals surface area contributed by atoms with Crippen LogP contribution in [0.1, 0.15) is 26.2 Å². The summed E-state index contributed by atoms with van der Waals surface area (Å²) in [6.45, 7) is 5.86. The Morgan fingerprint density at radius 2 is 2.15 bits per heavy atom. The second-order valence-electron chi connectivity index (χ2n) is 7.52. The van der Waals surface area contributed by atoms with E-state index >= 15 is 0 Å². The number of rotatable bonds is 7. The monoisotopic (exact) mass is 386 g/mol. The highest BCUT2D eigenvalue weighted by Gasteiger charge is 2.29. The van der Waals surface area contributed by atoms with Crippen molar-refractivity contribution < 1.29 is 22.3 Å². The maximum Gasteiger partial charge on any atom is 0.240 e. The predicted molar refractivity (Wildman–Crippen MR) is 96.2 cm³/mol. The second kappa shape index (κ2) is 8.21. The first-order chi connectivity index (χ1) is 12.4. The molecule has 2 aliphatic rings. The summed E-state index contributed by atoms with van der Waals surface area (Å²) in [6.07, 6.45) is 2.70. The van der Waals surface area contributed by atoms with Gasteiger partial charge in [0.05, 0.1) is 18.1 Å². The Kier molecular flexibility index (Phi) is 6.17. The molecule has 0 aliphatic carbocycles. The first kappa shape index (κ1) is 19.5. The van der Waals surface area contributed by atoms with Crippen LogP contribution in [0.5, 0.6) is 5.75 Å². The molecular weight excluding hydrogens is 359 g/mol. The van der Waals surface area contributed by atoms with Crippen LogP contribution < -0.4 is 14.8 Å². The van der Waals surface area contributed by atoms with Crippen molar-refractivity contribution in [3.05, 3.63) is 24.0 Å². The minimum absolute atomic E-state index is 0.0705. The fourth-order valence-corrected chi connectivity index (χ4v) is 4.46. The van der Waals surface area contributed by atoms with E-state index in [1.54, 1.807) is 0 Å². The molecule has 1 aromatic carbocycles. The van der Waals surface area contributed by atoms with Gasteiger partial charge in [0.1, 0.15) is 0 Å². The van der Waals surface area contributed by atoms with Crippen LogP contribution in [0.15, 0.2) is 23.1 Å². The average molecular weight is 386 g/mol. The van der Waals surface area contributed by atoms with E-state index in [4.69, 9.17) is 9.47 Å². The Labute approximate surface area is 154 Å². The van der Waals surface area contributed by atoms with Gasteiger partial charge in [-0.1, -0.05) is 6.92 Å². The normalized spacial score (nSPS) is 23.1. The third kappa shape index (κ3) is 4.94. The fourth-order valence-electron chi connectivity index (χ4n) is 3.25. The van der Waals surface area contributed by atoms with Gasteiger partial charge >= 0.3 is 0 Å². The number of sulfonamides is 1. The molecule has 0 bridgehead atoms. The lowest BCUT2D eigenvalue weighted by Gasteiger charge is -2.34. The van der Waals surface area contributed by atoms with E-state index in [9.17, 15) is 12.8 Å². The Balaban J connectivity index is 1.61. The molecule has 3 rings (SSSR count). The Hall–Kier alpha value is -1.22. The predicted octanol–water partition coefficient (Wildman–Crippen LogP) is 1.91. The van der Waals surface area contributed by atoms with Gasteiger partial charge < -0.3 is 14.8 Å². The van der Waals surface area contributed by atoms with Crippen molar-refractivity contribution in [1.82, 2.24) is 10.0 Å². The number of halogens is 1. The molecule has 0 spiro atoms. The molecule has 2 heterocycles. The minimum atomic E-state index is -3.75. The number of ether oxygens (including phenoxy) is 2. The maximum atomic E-state index is 14.3. The Morgan fingerprint density at radius 1 is 1.38 bits per heavy atom. The zero-order valence-electron chi connectivity index (χ0n) is 15.1. The average Bonchev–Trinajstić information content (AvgIpc) is 3.13. The summed E-state index contributed by atoms with van der Waals surface area (Å²) >= 11 is 0. The largest absolute Gasteiger partial charge is 0.490 e. The molecule has 0 saturated carbocycles. The van der Waals surface area contributed by atoms with Crippen LogP contribution in [0, 0.1) is 17.2 Å². The molecule has 0 amide bonds. The lowest BCUT2D eigenvalue weighted by molar-refractivity contribution is 0.165. The summed E-state index contributed by atoms with van der Waals surface area (Å²) in [7, 11) is -3.75. The van der Waals surface area contributed by atoms with Crippen LogP contribution in [-0.4, -0.2) is 47.9 Å². The Bertz CT molecular complexity index is 714. The van der Waals surface area contributed by atoms with Crippen molar-refractivity contribution in [2.75, 3.05) is 39.5 Å². The molecule has 1 aromatic rings. The summed E-state index contributed by atoms with van der Waals surface area (Å²) in [5, 5.41) is 3.27. The topological polar surface area (TPSA) is 76.7 Å². The van der Waals surface area contributed by atoms with E-state index in [0.717, 1.165) is 38.4 Å². The summed E-state index contributed by atoms with van der Waals surface area (Å²) < 4.78 is 52.6. The highest BCUT2D eigenvalue weighted by atomic mass is 32.2. The summed E-state index contributed by atoms with van der Waals surface area (Å²) in [5.74, 6) is -0.341. The van der Waals surface area contributed by atoms with Crippen molar-refractivity contribution in [3.8, 4) is 5.75 Å².